The Labute approximate surface area is 58.5 Å². The molecule has 0 heterocycles. The van der Waals surface area contributed by atoms with Gasteiger partial charge in [0.25, 0.3) is 0 Å². The van der Waals surface area contributed by atoms with Crippen molar-refractivity contribution in [3.8, 4) is 0 Å². The molecule has 1 rings (SSSR count). The summed E-state index contributed by atoms with van der Waals surface area (Å²) in [5.74, 6) is 0. The number of halogens is 1. The average Bonchev–Trinajstić information content (AvgIpc) is 1.88. The number of rotatable bonds is 1. The molecule has 54 valence electrons. The largest absolute Gasteiger partial charge is 0.332 e. The first-order valence-corrected chi connectivity index (χ1v) is 3.99. The first-order chi connectivity index (χ1) is 4.61. The summed E-state index contributed by atoms with van der Waals surface area (Å²) in [7, 11) is -4.50. The van der Waals surface area contributed by atoms with Gasteiger partial charge < -0.3 is 0 Å². The standard InChI is InChI=1S/C6H5FO2S/c7-10(8,9)6-4-2-1-3-5-6/h1-5H/i7-1. The Morgan fingerprint density at radius 3 is 1.90 bits per heavy atom. The van der Waals surface area contributed by atoms with Crippen LogP contribution in [0.3, 0.4) is 0 Å². The molecule has 0 aromatic heterocycles. The lowest BCUT2D eigenvalue weighted by Crippen LogP contribution is -1.89. The normalized spacial score (nSPS) is 11.3. The summed E-state index contributed by atoms with van der Waals surface area (Å²) in [6.07, 6.45) is 0. The van der Waals surface area contributed by atoms with Gasteiger partial charge in [0.2, 0.25) is 0 Å². The first kappa shape index (κ1) is 7.21. The molecule has 0 saturated carbocycles. The molecule has 0 aliphatic heterocycles. The SMILES string of the molecule is O=S(=O)([18F])c1ccccc1. The summed E-state index contributed by atoms with van der Waals surface area (Å²) < 4.78 is 32.4. The van der Waals surface area contributed by atoms with Crippen molar-refractivity contribution in [3.05, 3.63) is 30.3 Å². The third kappa shape index (κ3) is 1.54. The van der Waals surface area contributed by atoms with Crippen LogP contribution in [0.15, 0.2) is 35.2 Å². The lowest BCUT2D eigenvalue weighted by atomic mass is 10.4. The molecule has 1 aromatic rings. The van der Waals surface area contributed by atoms with Crippen LogP contribution in [0, 0.1) is 0 Å². The molecule has 10 heavy (non-hydrogen) atoms. The second kappa shape index (κ2) is 2.38. The van der Waals surface area contributed by atoms with Gasteiger partial charge in [-0.05, 0) is 12.1 Å². The van der Waals surface area contributed by atoms with Crippen molar-refractivity contribution >= 4 is 10.2 Å². The molecule has 0 N–H and O–H groups in total. The Morgan fingerprint density at radius 1 is 1.10 bits per heavy atom. The molecule has 0 unspecified atom stereocenters. The van der Waals surface area contributed by atoms with Crippen molar-refractivity contribution < 1.29 is 12.3 Å². The molecule has 4 heteroatoms. The Hall–Kier alpha value is -0.900. The van der Waals surface area contributed by atoms with Gasteiger partial charge in [-0.3, -0.25) is 0 Å². The smallest absolute Gasteiger partial charge is 0.189 e. The van der Waals surface area contributed by atoms with Crippen LogP contribution in [0.4, 0.5) is 3.89 Å². The third-order valence-corrected chi connectivity index (χ3v) is 1.86. The zero-order valence-electron chi connectivity index (χ0n) is 4.99. The maximum atomic E-state index is 12.1. The van der Waals surface area contributed by atoms with Gasteiger partial charge in [0.1, 0.15) is 0 Å². The summed E-state index contributed by atoms with van der Waals surface area (Å²) in [5, 5.41) is 0. The van der Waals surface area contributed by atoms with Crippen molar-refractivity contribution in [2.45, 2.75) is 4.90 Å². The van der Waals surface area contributed by atoms with E-state index < -0.39 is 10.2 Å². The lowest BCUT2D eigenvalue weighted by molar-refractivity contribution is 0.552. The van der Waals surface area contributed by atoms with E-state index in [9.17, 15) is 12.3 Å². The quantitative estimate of drug-likeness (QED) is 0.579. The van der Waals surface area contributed by atoms with E-state index in [2.05, 4.69) is 0 Å². The van der Waals surface area contributed by atoms with Gasteiger partial charge in [-0.1, -0.05) is 18.2 Å². The van der Waals surface area contributed by atoms with Crippen molar-refractivity contribution in [2.75, 3.05) is 0 Å². The van der Waals surface area contributed by atoms with E-state index in [4.69, 9.17) is 0 Å². The van der Waals surface area contributed by atoms with Gasteiger partial charge in [-0.2, -0.15) is 8.42 Å². The van der Waals surface area contributed by atoms with E-state index in [0.29, 0.717) is 0 Å². The predicted octanol–water partition coefficient (Wildman–Crippen LogP) is 1.34. The molecule has 0 aliphatic rings. The fourth-order valence-electron chi connectivity index (χ4n) is 0.583. The molecule has 0 amide bonds. The van der Waals surface area contributed by atoms with Gasteiger partial charge in [0.15, 0.2) is 0 Å². The molecular formula is C6H5FO2S. The lowest BCUT2D eigenvalue weighted by Gasteiger charge is -1.89. The Bertz CT molecular complexity index is 304. The topological polar surface area (TPSA) is 34.1 Å². The molecule has 0 aliphatic carbocycles. The van der Waals surface area contributed by atoms with Gasteiger partial charge in [0, 0.05) is 0 Å². The van der Waals surface area contributed by atoms with Crippen molar-refractivity contribution in [2.24, 2.45) is 0 Å². The molecule has 0 bridgehead atoms. The van der Waals surface area contributed by atoms with Crippen LogP contribution in [-0.2, 0) is 10.2 Å². The molecule has 0 radical (unpaired) electrons. The van der Waals surface area contributed by atoms with Crippen molar-refractivity contribution in [3.63, 3.8) is 0 Å². The molecule has 0 fully saturated rings. The van der Waals surface area contributed by atoms with E-state index in [-0.39, 0.29) is 4.90 Å². The van der Waals surface area contributed by atoms with Crippen LogP contribution in [0.5, 0.6) is 0 Å². The Morgan fingerprint density at radius 2 is 1.60 bits per heavy atom. The third-order valence-electron chi connectivity index (χ3n) is 1.02. The summed E-state index contributed by atoms with van der Waals surface area (Å²) in [4.78, 5) is -0.296. The van der Waals surface area contributed by atoms with Gasteiger partial charge in [0.05, 0.1) is 4.90 Å². The minimum atomic E-state index is -4.50. The molecular weight excluding hydrogens is 154 g/mol. The highest BCUT2D eigenvalue weighted by atomic mass is 32.2. The maximum Gasteiger partial charge on any atom is 0.332 e. The highest BCUT2D eigenvalue weighted by Crippen LogP contribution is 2.09. The summed E-state index contributed by atoms with van der Waals surface area (Å²) in [6.45, 7) is 0. The van der Waals surface area contributed by atoms with Crippen LogP contribution in [0.25, 0.3) is 0 Å². The Balaban J connectivity index is 3.22. The molecule has 0 atom stereocenters. The fraction of sp³-hybridized carbons (Fsp3) is 0. The first-order valence-electron chi connectivity index (χ1n) is 2.60. The molecule has 1 aromatic carbocycles. The number of benzene rings is 1. The Kier molecular flexibility index (Phi) is 1.72. The molecule has 2 nitrogen and oxygen atoms in total. The predicted molar refractivity (Wildman–Crippen MR) is 34.7 cm³/mol. The fourth-order valence-corrected chi connectivity index (χ4v) is 1.07. The van der Waals surface area contributed by atoms with Crippen LogP contribution >= 0.6 is 0 Å². The second-order valence-corrected chi connectivity index (χ2v) is 3.10. The van der Waals surface area contributed by atoms with Crippen molar-refractivity contribution in [1.82, 2.24) is 0 Å². The van der Waals surface area contributed by atoms with E-state index in [1.54, 1.807) is 6.07 Å². The second-order valence-electron chi connectivity index (χ2n) is 1.75. The highest BCUT2D eigenvalue weighted by molar-refractivity contribution is 7.86. The minimum absolute atomic E-state index is 0.296. The zero-order valence-corrected chi connectivity index (χ0v) is 5.81. The number of hydrogen-bond acceptors (Lipinski definition) is 2. The van der Waals surface area contributed by atoms with E-state index in [0.717, 1.165) is 0 Å². The maximum absolute atomic E-state index is 12.1. The summed E-state index contributed by atoms with van der Waals surface area (Å²) >= 11 is 0. The van der Waals surface area contributed by atoms with Crippen LogP contribution in [0.2, 0.25) is 0 Å². The zero-order chi connectivity index (χ0) is 7.61. The van der Waals surface area contributed by atoms with E-state index >= 15 is 0 Å². The van der Waals surface area contributed by atoms with Crippen LogP contribution in [-0.4, -0.2) is 8.42 Å². The minimum Gasteiger partial charge on any atom is -0.189 e. The monoisotopic (exact) mass is 159 g/mol. The van der Waals surface area contributed by atoms with Crippen molar-refractivity contribution in [1.29, 1.82) is 0 Å². The van der Waals surface area contributed by atoms with Crippen LogP contribution < -0.4 is 0 Å². The van der Waals surface area contributed by atoms with Gasteiger partial charge in [-0.15, -0.1) is 3.89 Å². The van der Waals surface area contributed by atoms with Gasteiger partial charge in [-0.25, -0.2) is 0 Å². The molecule has 0 saturated heterocycles. The van der Waals surface area contributed by atoms with E-state index in [1.165, 1.54) is 24.3 Å². The average molecular weight is 159 g/mol. The van der Waals surface area contributed by atoms with E-state index in [1.807, 2.05) is 0 Å². The number of hydrogen-bond donors (Lipinski definition) is 0. The summed E-state index contributed by atoms with van der Waals surface area (Å²) in [6, 6.07) is 6.96. The molecule has 0 spiro atoms. The van der Waals surface area contributed by atoms with Gasteiger partial charge >= 0.3 is 10.2 Å². The van der Waals surface area contributed by atoms with Crippen LogP contribution in [0.1, 0.15) is 0 Å². The summed E-state index contributed by atoms with van der Waals surface area (Å²) in [5.41, 5.74) is 0. The highest BCUT2D eigenvalue weighted by Gasteiger charge is 2.08.